The molecule has 7 heteroatoms. The van der Waals surface area contributed by atoms with E-state index in [0.717, 1.165) is 50.0 Å². The number of rotatable bonds is 4. The third-order valence-electron chi connectivity index (χ3n) is 4.86. The van der Waals surface area contributed by atoms with Crippen LogP contribution in [0.5, 0.6) is 0 Å². The van der Waals surface area contributed by atoms with Gasteiger partial charge in [0.1, 0.15) is 11.5 Å². The summed E-state index contributed by atoms with van der Waals surface area (Å²) in [7, 11) is 0. The van der Waals surface area contributed by atoms with Crippen LogP contribution in [0.1, 0.15) is 34.6 Å². The summed E-state index contributed by atoms with van der Waals surface area (Å²) in [5.74, 6) is -0.501. The van der Waals surface area contributed by atoms with E-state index in [0.29, 0.717) is 17.9 Å². The zero-order chi connectivity index (χ0) is 17.2. The van der Waals surface area contributed by atoms with E-state index < -0.39 is 0 Å². The molecular formula is C19H22ClFN4O. The second-order valence-electron chi connectivity index (χ2n) is 6.49. The van der Waals surface area contributed by atoms with E-state index in [4.69, 9.17) is 0 Å². The topological polar surface area (TPSA) is 59.0 Å². The van der Waals surface area contributed by atoms with Crippen LogP contribution < -0.4 is 10.6 Å². The first-order valence-electron chi connectivity index (χ1n) is 8.76. The lowest BCUT2D eigenvalue weighted by Gasteiger charge is -2.14. The van der Waals surface area contributed by atoms with Crippen LogP contribution in [0, 0.1) is 5.82 Å². The van der Waals surface area contributed by atoms with Crippen molar-refractivity contribution in [3.05, 3.63) is 58.7 Å². The monoisotopic (exact) mass is 376 g/mol. The third-order valence-corrected chi connectivity index (χ3v) is 4.86. The van der Waals surface area contributed by atoms with Crippen LogP contribution in [-0.2, 0) is 12.8 Å². The van der Waals surface area contributed by atoms with Gasteiger partial charge in [-0.15, -0.1) is 12.4 Å². The fourth-order valence-electron chi connectivity index (χ4n) is 3.55. The van der Waals surface area contributed by atoms with Crippen molar-refractivity contribution in [3.63, 3.8) is 0 Å². The second kappa shape index (κ2) is 8.01. The Kier molecular flexibility index (Phi) is 5.74. The van der Waals surface area contributed by atoms with Crippen molar-refractivity contribution in [2.24, 2.45) is 0 Å². The van der Waals surface area contributed by atoms with Gasteiger partial charge >= 0.3 is 0 Å². The molecule has 2 aliphatic rings. The van der Waals surface area contributed by atoms with Crippen molar-refractivity contribution in [2.75, 3.05) is 19.6 Å². The molecule has 0 saturated heterocycles. The molecule has 1 aromatic heterocycles. The van der Waals surface area contributed by atoms with Gasteiger partial charge < -0.3 is 10.6 Å². The zero-order valence-electron chi connectivity index (χ0n) is 14.4. The van der Waals surface area contributed by atoms with Gasteiger partial charge in [-0.25, -0.2) is 9.07 Å². The molecule has 26 heavy (non-hydrogen) atoms. The molecule has 4 rings (SSSR count). The highest BCUT2D eigenvalue weighted by molar-refractivity contribution is 5.94. The predicted octanol–water partition coefficient (Wildman–Crippen LogP) is 2.57. The first-order chi connectivity index (χ1) is 12.2. The van der Waals surface area contributed by atoms with Gasteiger partial charge in [0.25, 0.3) is 5.91 Å². The van der Waals surface area contributed by atoms with Crippen LogP contribution >= 0.6 is 12.4 Å². The molecule has 0 radical (unpaired) electrons. The molecule has 1 aliphatic carbocycles. The number of amides is 1. The third kappa shape index (κ3) is 3.52. The number of carbonyl (C=O) groups is 1. The molecule has 0 saturated carbocycles. The van der Waals surface area contributed by atoms with E-state index in [1.165, 1.54) is 11.6 Å². The highest BCUT2D eigenvalue weighted by Crippen LogP contribution is 2.28. The number of benzene rings is 1. The Morgan fingerprint density at radius 2 is 2.12 bits per heavy atom. The van der Waals surface area contributed by atoms with Gasteiger partial charge in [-0.3, -0.25) is 4.79 Å². The molecular weight excluding hydrogens is 355 g/mol. The first-order valence-corrected chi connectivity index (χ1v) is 8.76. The maximum atomic E-state index is 14.2. The Morgan fingerprint density at radius 1 is 1.27 bits per heavy atom. The van der Waals surface area contributed by atoms with Crippen LogP contribution in [0.25, 0.3) is 5.69 Å². The normalized spacial score (nSPS) is 15.8. The highest BCUT2D eigenvalue weighted by Gasteiger charge is 2.27. The van der Waals surface area contributed by atoms with Crippen molar-refractivity contribution in [3.8, 4) is 5.69 Å². The molecule has 0 unspecified atom stereocenters. The van der Waals surface area contributed by atoms with Gasteiger partial charge in [-0.05, 0) is 44.4 Å². The molecule has 1 aliphatic heterocycles. The summed E-state index contributed by atoms with van der Waals surface area (Å²) in [6.45, 7) is 2.34. The van der Waals surface area contributed by atoms with Crippen LogP contribution in [0.2, 0.25) is 0 Å². The molecule has 2 aromatic rings. The number of halogens is 2. The van der Waals surface area contributed by atoms with Crippen molar-refractivity contribution >= 4 is 18.3 Å². The molecule has 0 bridgehead atoms. The van der Waals surface area contributed by atoms with Gasteiger partial charge in [0.05, 0.1) is 0 Å². The SMILES string of the molecule is Cl.O=C(NCC1=CCNCC1)c1nn(-c2ccccc2F)c2c1CCC2. The lowest BCUT2D eigenvalue weighted by atomic mass is 10.1. The number of hydrogen-bond acceptors (Lipinski definition) is 3. The smallest absolute Gasteiger partial charge is 0.272 e. The maximum absolute atomic E-state index is 14.2. The van der Waals surface area contributed by atoms with Gasteiger partial charge in [0, 0.05) is 24.3 Å². The number of aromatic nitrogens is 2. The molecule has 1 aromatic carbocycles. The number of hydrogen-bond donors (Lipinski definition) is 2. The van der Waals surface area contributed by atoms with Crippen LogP contribution in [0.15, 0.2) is 35.9 Å². The second-order valence-corrected chi connectivity index (χ2v) is 6.49. The average molecular weight is 377 g/mol. The zero-order valence-corrected chi connectivity index (χ0v) is 15.2. The van der Waals surface area contributed by atoms with Gasteiger partial charge in [0.2, 0.25) is 0 Å². The minimum atomic E-state index is -0.327. The Hall–Kier alpha value is -2.18. The molecule has 0 atom stereocenters. The predicted molar refractivity (Wildman–Crippen MR) is 101 cm³/mol. The van der Waals surface area contributed by atoms with E-state index in [-0.39, 0.29) is 24.1 Å². The summed E-state index contributed by atoms with van der Waals surface area (Å²) in [4.78, 5) is 12.7. The summed E-state index contributed by atoms with van der Waals surface area (Å²) in [5, 5.41) is 10.7. The summed E-state index contributed by atoms with van der Waals surface area (Å²) >= 11 is 0. The molecule has 138 valence electrons. The number of nitrogens with zero attached hydrogens (tertiary/aromatic N) is 2. The number of nitrogens with one attached hydrogen (secondary N) is 2. The maximum Gasteiger partial charge on any atom is 0.272 e. The van der Waals surface area contributed by atoms with E-state index in [1.807, 2.05) is 0 Å². The van der Waals surface area contributed by atoms with Gasteiger partial charge in [0.15, 0.2) is 5.69 Å². The molecule has 0 spiro atoms. The summed E-state index contributed by atoms with van der Waals surface area (Å²) < 4.78 is 15.8. The van der Waals surface area contributed by atoms with Crippen molar-refractivity contribution in [2.45, 2.75) is 25.7 Å². The van der Waals surface area contributed by atoms with E-state index in [1.54, 1.807) is 22.9 Å². The van der Waals surface area contributed by atoms with Crippen molar-refractivity contribution in [1.82, 2.24) is 20.4 Å². The fraction of sp³-hybridized carbons (Fsp3) is 0.368. The van der Waals surface area contributed by atoms with Gasteiger partial charge in [-0.1, -0.05) is 23.8 Å². The van der Waals surface area contributed by atoms with Crippen LogP contribution in [0.3, 0.4) is 0 Å². The number of carbonyl (C=O) groups excluding carboxylic acids is 1. The lowest BCUT2D eigenvalue weighted by Crippen LogP contribution is -2.30. The lowest BCUT2D eigenvalue weighted by molar-refractivity contribution is 0.0950. The largest absolute Gasteiger partial charge is 0.347 e. The minimum Gasteiger partial charge on any atom is -0.347 e. The molecule has 1 amide bonds. The van der Waals surface area contributed by atoms with Crippen LogP contribution in [0.4, 0.5) is 4.39 Å². The van der Waals surface area contributed by atoms with Crippen LogP contribution in [-0.4, -0.2) is 35.3 Å². The standard InChI is InChI=1S/C19H21FN4O.ClH/c20-15-5-1-2-6-17(15)24-16-7-3-4-14(16)18(23-24)19(25)22-12-13-8-10-21-11-9-13;/h1-2,5-6,8,21H,3-4,7,9-12H2,(H,22,25);1H. The molecule has 5 nitrogen and oxygen atoms in total. The summed E-state index contributed by atoms with van der Waals surface area (Å²) in [6, 6.07) is 6.55. The number of fused-ring (bicyclic) bond motifs is 1. The minimum absolute atomic E-state index is 0. The number of para-hydroxylation sites is 1. The summed E-state index contributed by atoms with van der Waals surface area (Å²) in [6.07, 6.45) is 5.67. The van der Waals surface area contributed by atoms with Crippen molar-refractivity contribution in [1.29, 1.82) is 0 Å². The first kappa shape index (κ1) is 18.6. The highest BCUT2D eigenvalue weighted by atomic mass is 35.5. The Labute approximate surface area is 158 Å². The Balaban J connectivity index is 0.00000196. The van der Waals surface area contributed by atoms with E-state index in [9.17, 15) is 9.18 Å². The Bertz CT molecular complexity index is 846. The molecule has 2 heterocycles. The average Bonchev–Trinajstić information content (AvgIpc) is 3.24. The Morgan fingerprint density at radius 3 is 2.88 bits per heavy atom. The van der Waals surface area contributed by atoms with E-state index >= 15 is 0 Å². The van der Waals surface area contributed by atoms with Crippen molar-refractivity contribution < 1.29 is 9.18 Å². The van der Waals surface area contributed by atoms with Gasteiger partial charge in [-0.2, -0.15) is 5.10 Å². The fourth-order valence-corrected chi connectivity index (χ4v) is 3.55. The van der Waals surface area contributed by atoms with E-state index in [2.05, 4.69) is 21.8 Å². The molecule has 0 fully saturated rings. The quantitative estimate of drug-likeness (QED) is 0.806. The summed E-state index contributed by atoms with van der Waals surface area (Å²) in [5.41, 5.74) is 3.99. The molecule has 2 N–H and O–H groups in total.